The maximum atomic E-state index is 11.3. The van der Waals surface area contributed by atoms with Crippen LogP contribution >= 0.6 is 11.6 Å². The molecule has 4 nitrogen and oxygen atoms in total. The Kier molecular flexibility index (Phi) is 2.22. The van der Waals surface area contributed by atoms with Gasteiger partial charge in [0.25, 0.3) is 5.56 Å². The first kappa shape index (κ1) is 8.56. The van der Waals surface area contributed by atoms with Gasteiger partial charge < -0.3 is 9.88 Å². The molecule has 1 fully saturated rings. The maximum Gasteiger partial charge on any atom is 0.290 e. The van der Waals surface area contributed by atoms with Crippen molar-refractivity contribution in [1.82, 2.24) is 9.97 Å². The van der Waals surface area contributed by atoms with Gasteiger partial charge in [-0.1, -0.05) is 0 Å². The second-order valence-electron chi connectivity index (χ2n) is 3.07. The summed E-state index contributed by atoms with van der Waals surface area (Å²) in [6, 6.07) is 0. The Morgan fingerprint density at radius 1 is 1.69 bits per heavy atom. The zero-order valence-electron chi connectivity index (χ0n) is 7.03. The first-order chi connectivity index (χ1) is 6.27. The largest absolute Gasteiger partial charge is 0.350 e. The molecule has 0 aromatic carbocycles. The summed E-state index contributed by atoms with van der Waals surface area (Å²) in [5, 5.41) is 0.140. The number of aromatic nitrogens is 2. The van der Waals surface area contributed by atoms with Gasteiger partial charge in [0.05, 0.1) is 5.38 Å². The van der Waals surface area contributed by atoms with Crippen molar-refractivity contribution in [3.8, 4) is 0 Å². The Morgan fingerprint density at radius 3 is 3.15 bits per heavy atom. The second-order valence-corrected chi connectivity index (χ2v) is 3.69. The SMILES string of the molecule is O=c1[nH]ccnc1N1CCC(Cl)C1. The maximum absolute atomic E-state index is 11.3. The highest BCUT2D eigenvalue weighted by atomic mass is 35.5. The van der Waals surface area contributed by atoms with Crippen LogP contribution in [0.5, 0.6) is 0 Å². The highest BCUT2D eigenvalue weighted by Crippen LogP contribution is 2.17. The molecule has 5 heteroatoms. The van der Waals surface area contributed by atoms with E-state index in [1.807, 2.05) is 4.90 Å². The molecule has 1 atom stereocenters. The lowest BCUT2D eigenvalue weighted by atomic mass is 10.4. The van der Waals surface area contributed by atoms with Crippen LogP contribution in [0.1, 0.15) is 6.42 Å². The van der Waals surface area contributed by atoms with Crippen molar-refractivity contribution >= 4 is 17.4 Å². The van der Waals surface area contributed by atoms with E-state index in [-0.39, 0.29) is 10.9 Å². The minimum atomic E-state index is -0.145. The van der Waals surface area contributed by atoms with Crippen LogP contribution in [0.15, 0.2) is 17.2 Å². The van der Waals surface area contributed by atoms with E-state index in [2.05, 4.69) is 9.97 Å². The standard InChI is InChI=1S/C8H10ClN3O/c9-6-1-4-12(5-6)7-8(13)11-3-2-10-7/h2-3,6H,1,4-5H2,(H,11,13). The molecule has 1 aromatic rings. The fourth-order valence-corrected chi connectivity index (χ4v) is 1.74. The summed E-state index contributed by atoms with van der Waals surface area (Å²) in [5.41, 5.74) is -0.145. The summed E-state index contributed by atoms with van der Waals surface area (Å²) >= 11 is 5.93. The number of halogens is 1. The molecule has 1 saturated heterocycles. The van der Waals surface area contributed by atoms with Crippen LogP contribution in [-0.2, 0) is 0 Å². The van der Waals surface area contributed by atoms with Gasteiger partial charge in [-0.25, -0.2) is 4.98 Å². The Hall–Kier alpha value is -1.03. The molecule has 0 aliphatic carbocycles. The van der Waals surface area contributed by atoms with Gasteiger partial charge in [0, 0.05) is 25.5 Å². The Labute approximate surface area is 80.5 Å². The Morgan fingerprint density at radius 2 is 2.54 bits per heavy atom. The summed E-state index contributed by atoms with van der Waals surface area (Å²) in [7, 11) is 0. The summed E-state index contributed by atoms with van der Waals surface area (Å²) in [6.45, 7) is 1.52. The third kappa shape index (κ3) is 1.67. The smallest absolute Gasteiger partial charge is 0.290 e. The molecule has 2 heterocycles. The normalized spacial score (nSPS) is 22.2. The predicted octanol–water partition coefficient (Wildman–Crippen LogP) is 0.587. The van der Waals surface area contributed by atoms with E-state index in [0.717, 1.165) is 13.0 Å². The summed E-state index contributed by atoms with van der Waals surface area (Å²) in [6.07, 6.45) is 4.02. The molecule has 0 amide bonds. The van der Waals surface area contributed by atoms with E-state index in [0.29, 0.717) is 12.4 Å². The first-order valence-corrected chi connectivity index (χ1v) is 4.64. The van der Waals surface area contributed by atoms with Crippen LogP contribution in [0.4, 0.5) is 5.82 Å². The number of aromatic amines is 1. The van der Waals surface area contributed by atoms with Crippen molar-refractivity contribution < 1.29 is 0 Å². The van der Waals surface area contributed by atoms with Crippen molar-refractivity contribution in [3.63, 3.8) is 0 Å². The van der Waals surface area contributed by atoms with E-state index < -0.39 is 0 Å². The summed E-state index contributed by atoms with van der Waals surface area (Å²) < 4.78 is 0. The molecule has 0 radical (unpaired) electrons. The van der Waals surface area contributed by atoms with Crippen molar-refractivity contribution in [2.45, 2.75) is 11.8 Å². The number of hydrogen-bond donors (Lipinski definition) is 1. The fraction of sp³-hybridized carbons (Fsp3) is 0.500. The monoisotopic (exact) mass is 199 g/mol. The van der Waals surface area contributed by atoms with Gasteiger partial charge in [-0.3, -0.25) is 4.79 Å². The van der Waals surface area contributed by atoms with Crippen LogP contribution in [0.3, 0.4) is 0 Å². The molecule has 0 bridgehead atoms. The van der Waals surface area contributed by atoms with Crippen molar-refractivity contribution in [1.29, 1.82) is 0 Å². The van der Waals surface area contributed by atoms with E-state index >= 15 is 0 Å². The van der Waals surface area contributed by atoms with Gasteiger partial charge in [0.1, 0.15) is 0 Å². The number of nitrogens with zero attached hydrogens (tertiary/aromatic N) is 2. The molecule has 2 rings (SSSR count). The lowest BCUT2D eigenvalue weighted by Crippen LogP contribution is -2.27. The van der Waals surface area contributed by atoms with Gasteiger partial charge in [0.15, 0.2) is 5.82 Å². The molecule has 0 spiro atoms. The van der Waals surface area contributed by atoms with Gasteiger partial charge in [-0.05, 0) is 6.42 Å². The molecule has 13 heavy (non-hydrogen) atoms. The topological polar surface area (TPSA) is 49.0 Å². The molecule has 1 aliphatic rings. The number of alkyl halides is 1. The average molecular weight is 200 g/mol. The Balaban J connectivity index is 2.26. The van der Waals surface area contributed by atoms with Gasteiger partial charge in [-0.15, -0.1) is 11.6 Å². The van der Waals surface area contributed by atoms with Crippen LogP contribution in [-0.4, -0.2) is 28.4 Å². The Bertz CT molecular complexity index is 351. The van der Waals surface area contributed by atoms with Crippen LogP contribution in [0, 0.1) is 0 Å². The molecule has 70 valence electrons. The van der Waals surface area contributed by atoms with E-state index in [4.69, 9.17) is 11.6 Å². The average Bonchev–Trinajstić information content (AvgIpc) is 2.53. The number of nitrogens with one attached hydrogen (secondary N) is 1. The molecule has 1 N–H and O–H groups in total. The van der Waals surface area contributed by atoms with Crippen LogP contribution in [0.25, 0.3) is 0 Å². The third-order valence-electron chi connectivity index (χ3n) is 2.12. The quantitative estimate of drug-likeness (QED) is 0.674. The van der Waals surface area contributed by atoms with Crippen molar-refractivity contribution in [2.24, 2.45) is 0 Å². The van der Waals surface area contributed by atoms with Gasteiger partial charge >= 0.3 is 0 Å². The lowest BCUT2D eigenvalue weighted by molar-refractivity contribution is 0.912. The highest BCUT2D eigenvalue weighted by Gasteiger charge is 2.22. The van der Waals surface area contributed by atoms with Crippen LogP contribution < -0.4 is 10.5 Å². The third-order valence-corrected chi connectivity index (χ3v) is 2.48. The predicted molar refractivity (Wildman–Crippen MR) is 51.3 cm³/mol. The lowest BCUT2D eigenvalue weighted by Gasteiger charge is -2.14. The second kappa shape index (κ2) is 3.38. The first-order valence-electron chi connectivity index (χ1n) is 4.20. The molecule has 1 aliphatic heterocycles. The summed E-state index contributed by atoms with van der Waals surface area (Å²) in [4.78, 5) is 19.8. The molecule has 0 saturated carbocycles. The van der Waals surface area contributed by atoms with E-state index in [9.17, 15) is 4.79 Å². The van der Waals surface area contributed by atoms with Crippen molar-refractivity contribution in [3.05, 3.63) is 22.7 Å². The number of rotatable bonds is 1. The molecular weight excluding hydrogens is 190 g/mol. The van der Waals surface area contributed by atoms with E-state index in [1.54, 1.807) is 6.20 Å². The zero-order chi connectivity index (χ0) is 9.26. The minimum Gasteiger partial charge on any atom is -0.350 e. The highest BCUT2D eigenvalue weighted by molar-refractivity contribution is 6.21. The van der Waals surface area contributed by atoms with Crippen molar-refractivity contribution in [2.75, 3.05) is 18.0 Å². The van der Waals surface area contributed by atoms with Gasteiger partial charge in [-0.2, -0.15) is 0 Å². The van der Waals surface area contributed by atoms with Gasteiger partial charge in [0.2, 0.25) is 0 Å². The number of anilines is 1. The molecule has 1 unspecified atom stereocenters. The molecule has 1 aromatic heterocycles. The fourth-order valence-electron chi connectivity index (χ4n) is 1.48. The number of H-pyrrole nitrogens is 1. The molecular formula is C8H10ClN3O. The minimum absolute atomic E-state index is 0.140. The summed E-state index contributed by atoms with van der Waals surface area (Å²) in [5.74, 6) is 0.477. The number of hydrogen-bond acceptors (Lipinski definition) is 3. The zero-order valence-corrected chi connectivity index (χ0v) is 7.79. The van der Waals surface area contributed by atoms with Crippen LogP contribution in [0.2, 0.25) is 0 Å². The van der Waals surface area contributed by atoms with E-state index in [1.165, 1.54) is 6.20 Å².